The van der Waals surface area contributed by atoms with Crippen LogP contribution in [-0.4, -0.2) is 103 Å². The highest BCUT2D eigenvalue weighted by Crippen LogP contribution is 2.60. The Hall–Kier alpha value is -3.39. The van der Waals surface area contributed by atoms with E-state index in [4.69, 9.17) is 29.0 Å². The first-order valence-corrected chi connectivity index (χ1v) is 26.9. The quantitative estimate of drug-likeness (QED) is 0.0343. The van der Waals surface area contributed by atoms with Crippen molar-refractivity contribution >= 4 is 39.2 Å². The van der Waals surface area contributed by atoms with Crippen molar-refractivity contribution < 1.29 is 76.2 Å². The van der Waals surface area contributed by atoms with Crippen molar-refractivity contribution in [2.45, 2.75) is 173 Å². The highest BCUT2D eigenvalue weighted by molar-refractivity contribution is 7.61. The third-order valence-electron chi connectivity index (χ3n) is 11.4. The van der Waals surface area contributed by atoms with E-state index in [1.54, 1.807) is 12.2 Å². The second-order valence-corrected chi connectivity index (χ2v) is 20.8. The number of aliphatic hydroxyl groups excluding tert-OH is 3. The standard InChI is InChI=1S/C46H75N3O17P2/c1-4-5-14-21-35(50)25-26-37-38(51)27-24-34-20-16-12-13-18-23-42(53)64-36(30-61-41(52)22-17-11-9-7-6-8-10-15-19-33(2)3)31-62-67(57,58)66-68(59,60)63-32-39(44(55)43(37)54)65-45(34)49-29-28-40(47)48-46(49)56/h12,16,24-29,33-37,39,43-45,50,54-55H,4-11,13-15,17-23,30-32H2,1-3H3,(H,57,58)(H,59,60)(H2,47,48,56)/t34-,35-,36+,37-,39+,43-,44+,45+/m0/s1. The van der Waals surface area contributed by atoms with E-state index >= 15 is 0 Å². The van der Waals surface area contributed by atoms with Gasteiger partial charge in [-0.1, -0.05) is 122 Å². The molecule has 0 aromatic carbocycles. The first kappa shape index (κ1) is 58.9. The second kappa shape index (κ2) is 31.1. The summed E-state index contributed by atoms with van der Waals surface area (Å²) < 4.78 is 58.8. The second-order valence-electron chi connectivity index (χ2n) is 17.8. The fraction of sp³-hybridized carbons (Fsp3) is 0.717. The van der Waals surface area contributed by atoms with Crippen molar-refractivity contribution in [3.63, 3.8) is 0 Å². The number of ketones is 1. The lowest BCUT2D eigenvalue weighted by Gasteiger charge is -2.36. The molecule has 2 unspecified atom stereocenters. The zero-order valence-corrected chi connectivity index (χ0v) is 41.5. The number of allylic oxidation sites excluding steroid dienone is 3. The molecule has 0 radical (unpaired) electrons. The van der Waals surface area contributed by atoms with Crippen LogP contribution in [0, 0.1) is 17.8 Å². The van der Waals surface area contributed by atoms with Gasteiger partial charge >= 0.3 is 33.3 Å². The number of nitrogens with two attached hydrogens (primary N) is 1. The van der Waals surface area contributed by atoms with E-state index in [0.717, 1.165) is 49.2 Å². The lowest BCUT2D eigenvalue weighted by atomic mass is 9.88. The molecular weight excluding hydrogens is 928 g/mol. The Labute approximate surface area is 399 Å². The number of phosphoric acid groups is 2. The van der Waals surface area contributed by atoms with Crippen LogP contribution in [-0.2, 0) is 51.1 Å². The van der Waals surface area contributed by atoms with Gasteiger partial charge in [-0.2, -0.15) is 9.29 Å². The van der Waals surface area contributed by atoms with E-state index in [9.17, 15) is 53.4 Å². The van der Waals surface area contributed by atoms with Crippen LogP contribution < -0.4 is 11.4 Å². The Morgan fingerprint density at radius 3 is 2.28 bits per heavy atom. The van der Waals surface area contributed by atoms with Crippen LogP contribution in [0.15, 0.2) is 53.5 Å². The predicted octanol–water partition coefficient (Wildman–Crippen LogP) is 6.69. The van der Waals surface area contributed by atoms with E-state index in [1.165, 1.54) is 56.2 Å². The predicted molar refractivity (Wildman–Crippen MR) is 251 cm³/mol. The first-order valence-electron chi connectivity index (χ1n) is 23.9. The fourth-order valence-electron chi connectivity index (χ4n) is 7.53. The van der Waals surface area contributed by atoms with Gasteiger partial charge in [0.05, 0.1) is 31.3 Å². The average molecular weight is 1000 g/mol. The number of nitrogen functional groups attached to an aromatic ring is 1. The fourth-order valence-corrected chi connectivity index (χ4v) is 9.64. The minimum Gasteiger partial charge on any atom is -0.462 e. The number of carbonyl (C=O) groups is 3. The highest BCUT2D eigenvalue weighted by Gasteiger charge is 2.42. The molecule has 3 rings (SSSR count). The molecular formula is C46H75N3O17P2. The summed E-state index contributed by atoms with van der Waals surface area (Å²) in [5.74, 6) is -3.95. The van der Waals surface area contributed by atoms with Gasteiger partial charge in [0.1, 0.15) is 30.9 Å². The van der Waals surface area contributed by atoms with Crippen LogP contribution in [0.4, 0.5) is 5.82 Å². The van der Waals surface area contributed by atoms with Crippen molar-refractivity contribution in [3.8, 4) is 0 Å². The third-order valence-corrected chi connectivity index (χ3v) is 14.0. The van der Waals surface area contributed by atoms with Crippen LogP contribution >= 0.6 is 15.6 Å². The monoisotopic (exact) mass is 1000 g/mol. The molecule has 2 aliphatic heterocycles. The van der Waals surface area contributed by atoms with Gasteiger partial charge in [0.25, 0.3) is 0 Å². The summed E-state index contributed by atoms with van der Waals surface area (Å²) in [4.78, 5) is 77.6. The molecule has 2 bridgehead atoms. The minimum absolute atomic E-state index is 0.0528. The van der Waals surface area contributed by atoms with Crippen LogP contribution in [0.25, 0.3) is 0 Å². The molecule has 0 saturated heterocycles. The van der Waals surface area contributed by atoms with Gasteiger partial charge in [-0.25, -0.2) is 13.9 Å². The smallest absolute Gasteiger partial charge is 0.462 e. The molecule has 0 aliphatic carbocycles. The summed E-state index contributed by atoms with van der Waals surface area (Å²) in [6.45, 7) is 3.79. The lowest BCUT2D eigenvalue weighted by Crippen LogP contribution is -2.49. The maximum absolute atomic E-state index is 13.8. The minimum atomic E-state index is -5.67. The summed E-state index contributed by atoms with van der Waals surface area (Å²) in [5.41, 5.74) is 4.82. The molecule has 2 aliphatic rings. The van der Waals surface area contributed by atoms with E-state index in [2.05, 4.69) is 23.1 Å². The van der Waals surface area contributed by atoms with Crippen LogP contribution in [0.5, 0.6) is 0 Å². The molecule has 0 amide bonds. The number of fused-ring (bicyclic) bond motifs is 3. The van der Waals surface area contributed by atoms with Gasteiger partial charge in [0.15, 0.2) is 11.9 Å². The number of aromatic nitrogens is 2. The van der Waals surface area contributed by atoms with Crippen LogP contribution in [0.3, 0.4) is 0 Å². The molecule has 7 N–H and O–H groups in total. The number of anilines is 1. The van der Waals surface area contributed by atoms with Crippen molar-refractivity contribution in [2.75, 3.05) is 25.6 Å². The first-order chi connectivity index (χ1) is 32.3. The van der Waals surface area contributed by atoms with Crippen molar-refractivity contribution in [3.05, 3.63) is 59.2 Å². The number of hydrogen-bond acceptors (Lipinski definition) is 17. The number of esters is 2. The molecule has 20 nitrogen and oxygen atoms in total. The Morgan fingerprint density at radius 2 is 1.60 bits per heavy atom. The van der Waals surface area contributed by atoms with E-state index in [1.807, 2.05) is 6.92 Å². The van der Waals surface area contributed by atoms with Gasteiger partial charge < -0.3 is 45.1 Å². The summed E-state index contributed by atoms with van der Waals surface area (Å²) in [6, 6.07) is 1.28. The Kier molecular flexibility index (Phi) is 26.9. The Balaban J connectivity index is 1.85. The van der Waals surface area contributed by atoms with E-state index in [-0.39, 0.29) is 31.5 Å². The molecule has 3 heterocycles. The van der Waals surface area contributed by atoms with Gasteiger partial charge in [-0.15, -0.1) is 0 Å². The molecule has 0 fully saturated rings. The zero-order chi connectivity index (χ0) is 50.1. The van der Waals surface area contributed by atoms with Gasteiger partial charge in [-0.05, 0) is 50.2 Å². The number of phosphoric ester groups is 2. The van der Waals surface area contributed by atoms with Gasteiger partial charge in [0, 0.05) is 25.0 Å². The lowest BCUT2D eigenvalue weighted by molar-refractivity contribution is -0.167. The zero-order valence-electron chi connectivity index (χ0n) is 39.7. The molecule has 22 heteroatoms. The number of ether oxygens (including phenoxy) is 3. The van der Waals surface area contributed by atoms with Gasteiger partial charge in [0.2, 0.25) is 0 Å². The van der Waals surface area contributed by atoms with Crippen molar-refractivity contribution in [1.82, 2.24) is 9.55 Å². The molecule has 68 heavy (non-hydrogen) atoms. The number of hydrogen-bond donors (Lipinski definition) is 6. The molecule has 10 atom stereocenters. The van der Waals surface area contributed by atoms with E-state index < -0.39 is 107 Å². The highest BCUT2D eigenvalue weighted by atomic mass is 31.3. The molecule has 0 spiro atoms. The van der Waals surface area contributed by atoms with Gasteiger partial charge in [-0.3, -0.25) is 28.0 Å². The molecule has 0 saturated carbocycles. The molecule has 1 aromatic rings. The Bertz CT molecular complexity index is 1940. The average Bonchev–Trinajstić information content (AvgIpc) is 3.26. The summed E-state index contributed by atoms with van der Waals surface area (Å²) in [5, 5.41) is 33.7. The summed E-state index contributed by atoms with van der Waals surface area (Å²) in [7, 11) is -11.2. The molecule has 1 aromatic heterocycles. The number of carbonyl (C=O) groups excluding carboxylic acids is 3. The summed E-state index contributed by atoms with van der Waals surface area (Å²) >= 11 is 0. The maximum Gasteiger partial charge on any atom is 0.481 e. The van der Waals surface area contributed by atoms with Crippen LogP contribution in [0.2, 0.25) is 0 Å². The normalized spacial score (nSPS) is 28.9. The Morgan fingerprint density at radius 1 is 0.941 bits per heavy atom. The molecule has 386 valence electrons. The van der Waals surface area contributed by atoms with Crippen LogP contribution in [0.1, 0.15) is 143 Å². The SMILES string of the molecule is CCCCC[C@H](O)C=C[C@H]1C(=O)C=C[C@@H]2CC=CCCCC(=O)O[C@H](COC(=O)CCCCCCCCCCC(C)C)COP(=O)(O)OP(=O)(O)OC[C@@H](O[C@H]2n2ccc(N)nc2=O)[C@@H](O)[C@H]1O. The van der Waals surface area contributed by atoms with Crippen molar-refractivity contribution in [1.29, 1.82) is 0 Å². The van der Waals surface area contributed by atoms with Crippen molar-refractivity contribution in [2.24, 2.45) is 17.8 Å². The number of nitrogens with zero attached hydrogens (tertiary/aromatic N) is 2. The number of unbranched alkanes of at least 4 members (excludes halogenated alkanes) is 9. The van der Waals surface area contributed by atoms with E-state index in [0.29, 0.717) is 31.6 Å². The topological polar surface area (TPSA) is 303 Å². The summed E-state index contributed by atoms with van der Waals surface area (Å²) in [6.07, 6.45) is 12.6. The number of cyclic esters (lactones) is 1. The number of rotatable bonds is 20. The number of aliphatic hydroxyl groups is 3. The maximum atomic E-state index is 13.8. The third kappa shape index (κ3) is 23.0. The largest absolute Gasteiger partial charge is 0.481 e.